The standard InChI is InChI=1S/C16H26ClN3/c1-3-5-13-6-8-20(9-7-13)16-10-14(11-18-4-2)15(17)12-19-16/h10,12-13,18H,3-9,11H2,1-2H3. The number of nitrogens with one attached hydrogen (secondary N) is 1. The normalized spacial score (nSPS) is 16.6. The van der Waals surface area contributed by atoms with Gasteiger partial charge in [0, 0.05) is 25.8 Å². The van der Waals surface area contributed by atoms with Crippen LogP contribution in [0.4, 0.5) is 5.82 Å². The summed E-state index contributed by atoms with van der Waals surface area (Å²) < 4.78 is 0. The van der Waals surface area contributed by atoms with Gasteiger partial charge >= 0.3 is 0 Å². The van der Waals surface area contributed by atoms with Gasteiger partial charge in [-0.1, -0.05) is 38.3 Å². The van der Waals surface area contributed by atoms with Crippen LogP contribution in [0.2, 0.25) is 5.02 Å². The number of piperidine rings is 1. The molecule has 1 aliphatic heterocycles. The molecule has 0 saturated carbocycles. The average molecular weight is 296 g/mol. The lowest BCUT2D eigenvalue weighted by Gasteiger charge is -2.33. The molecule has 0 bridgehead atoms. The molecule has 112 valence electrons. The van der Waals surface area contributed by atoms with Gasteiger partial charge < -0.3 is 10.2 Å². The van der Waals surface area contributed by atoms with Crippen molar-refractivity contribution < 1.29 is 0 Å². The largest absolute Gasteiger partial charge is 0.357 e. The van der Waals surface area contributed by atoms with E-state index in [1.54, 1.807) is 6.20 Å². The number of aromatic nitrogens is 1. The molecule has 1 saturated heterocycles. The van der Waals surface area contributed by atoms with Gasteiger partial charge in [0.1, 0.15) is 5.82 Å². The van der Waals surface area contributed by atoms with Gasteiger partial charge in [-0.05, 0) is 36.9 Å². The zero-order chi connectivity index (χ0) is 14.4. The highest BCUT2D eigenvalue weighted by Crippen LogP contribution is 2.27. The van der Waals surface area contributed by atoms with Crippen molar-refractivity contribution in [2.24, 2.45) is 5.92 Å². The first kappa shape index (κ1) is 15.6. The lowest BCUT2D eigenvalue weighted by Crippen LogP contribution is -2.34. The van der Waals surface area contributed by atoms with Crippen LogP contribution in [0.3, 0.4) is 0 Å². The maximum absolute atomic E-state index is 6.21. The second kappa shape index (κ2) is 7.84. The molecule has 1 fully saturated rings. The van der Waals surface area contributed by atoms with E-state index in [-0.39, 0.29) is 0 Å². The fourth-order valence-corrected chi connectivity index (χ4v) is 3.06. The van der Waals surface area contributed by atoms with Crippen LogP contribution in [0.5, 0.6) is 0 Å². The molecule has 1 aromatic heterocycles. The Morgan fingerprint density at radius 2 is 2.10 bits per heavy atom. The minimum absolute atomic E-state index is 0.760. The average Bonchev–Trinajstić information content (AvgIpc) is 2.48. The summed E-state index contributed by atoms with van der Waals surface area (Å²) in [6, 6.07) is 2.14. The van der Waals surface area contributed by atoms with Crippen molar-refractivity contribution in [1.29, 1.82) is 0 Å². The molecule has 0 radical (unpaired) electrons. The first-order valence-corrected chi connectivity index (χ1v) is 8.22. The van der Waals surface area contributed by atoms with E-state index in [1.165, 1.54) is 25.7 Å². The number of hydrogen-bond donors (Lipinski definition) is 1. The number of halogens is 1. The molecule has 0 spiro atoms. The van der Waals surface area contributed by atoms with Crippen LogP contribution in [0, 0.1) is 5.92 Å². The molecule has 1 aromatic rings. The van der Waals surface area contributed by atoms with Gasteiger partial charge in [-0.15, -0.1) is 0 Å². The number of anilines is 1. The summed E-state index contributed by atoms with van der Waals surface area (Å²) in [6.07, 6.45) is 7.05. The Morgan fingerprint density at radius 1 is 1.35 bits per heavy atom. The predicted octanol–water partition coefficient (Wildman–Crippen LogP) is 3.86. The minimum atomic E-state index is 0.760. The van der Waals surface area contributed by atoms with Crippen molar-refractivity contribution in [3.8, 4) is 0 Å². The van der Waals surface area contributed by atoms with Crippen molar-refractivity contribution in [3.05, 3.63) is 22.8 Å². The van der Waals surface area contributed by atoms with Gasteiger partial charge in [0.2, 0.25) is 0 Å². The molecule has 3 nitrogen and oxygen atoms in total. The van der Waals surface area contributed by atoms with Crippen LogP contribution in [0.1, 0.15) is 45.1 Å². The van der Waals surface area contributed by atoms with Gasteiger partial charge in [-0.25, -0.2) is 4.98 Å². The smallest absolute Gasteiger partial charge is 0.128 e. The zero-order valence-electron chi connectivity index (χ0n) is 12.7. The Kier molecular flexibility index (Phi) is 6.11. The van der Waals surface area contributed by atoms with E-state index in [2.05, 4.69) is 35.1 Å². The molecule has 4 heteroatoms. The van der Waals surface area contributed by atoms with Gasteiger partial charge in [-0.3, -0.25) is 0 Å². The third-order valence-corrected chi connectivity index (χ3v) is 4.46. The Morgan fingerprint density at radius 3 is 2.75 bits per heavy atom. The number of nitrogens with zero attached hydrogens (tertiary/aromatic N) is 2. The molecular formula is C16H26ClN3. The molecule has 0 amide bonds. The maximum Gasteiger partial charge on any atom is 0.128 e. The third kappa shape index (κ3) is 4.10. The van der Waals surface area contributed by atoms with Gasteiger partial charge in [0.25, 0.3) is 0 Å². The second-order valence-corrected chi connectivity index (χ2v) is 6.04. The van der Waals surface area contributed by atoms with Crippen molar-refractivity contribution in [2.75, 3.05) is 24.5 Å². The molecule has 0 unspecified atom stereocenters. The quantitative estimate of drug-likeness (QED) is 0.864. The first-order valence-electron chi connectivity index (χ1n) is 7.84. The van der Waals surface area contributed by atoms with E-state index in [0.717, 1.165) is 48.5 Å². The topological polar surface area (TPSA) is 28.2 Å². The summed E-state index contributed by atoms with van der Waals surface area (Å²) in [5, 5.41) is 4.09. The summed E-state index contributed by atoms with van der Waals surface area (Å²) in [4.78, 5) is 6.91. The van der Waals surface area contributed by atoms with E-state index >= 15 is 0 Å². The first-order chi connectivity index (χ1) is 9.74. The van der Waals surface area contributed by atoms with Crippen LogP contribution in [0.15, 0.2) is 12.3 Å². The lowest BCUT2D eigenvalue weighted by molar-refractivity contribution is 0.377. The molecule has 0 aliphatic carbocycles. The van der Waals surface area contributed by atoms with Gasteiger partial charge in [0.05, 0.1) is 5.02 Å². The molecule has 1 N–H and O–H groups in total. The minimum Gasteiger partial charge on any atom is -0.357 e. The SMILES string of the molecule is CCCC1CCN(c2cc(CNCC)c(Cl)cn2)CC1. The molecule has 0 atom stereocenters. The van der Waals surface area contributed by atoms with E-state index in [1.807, 2.05) is 0 Å². The number of hydrogen-bond acceptors (Lipinski definition) is 3. The summed E-state index contributed by atoms with van der Waals surface area (Å²) in [5.41, 5.74) is 1.15. The van der Waals surface area contributed by atoms with Crippen LogP contribution >= 0.6 is 11.6 Å². The third-order valence-electron chi connectivity index (χ3n) is 4.12. The van der Waals surface area contributed by atoms with Crippen LogP contribution < -0.4 is 10.2 Å². The Hall–Kier alpha value is -0.800. The summed E-state index contributed by atoms with van der Waals surface area (Å²) >= 11 is 6.21. The fraction of sp³-hybridized carbons (Fsp3) is 0.688. The second-order valence-electron chi connectivity index (χ2n) is 5.63. The van der Waals surface area contributed by atoms with E-state index in [0.29, 0.717) is 0 Å². The molecule has 2 heterocycles. The zero-order valence-corrected chi connectivity index (χ0v) is 13.4. The highest BCUT2D eigenvalue weighted by atomic mass is 35.5. The highest BCUT2D eigenvalue weighted by molar-refractivity contribution is 6.31. The molecule has 1 aliphatic rings. The molecule has 20 heavy (non-hydrogen) atoms. The molecule has 0 aromatic carbocycles. The Labute approximate surface area is 127 Å². The number of pyridine rings is 1. The lowest BCUT2D eigenvalue weighted by atomic mass is 9.92. The summed E-state index contributed by atoms with van der Waals surface area (Å²) in [6.45, 7) is 8.40. The van der Waals surface area contributed by atoms with Gasteiger partial charge in [0.15, 0.2) is 0 Å². The van der Waals surface area contributed by atoms with E-state index in [9.17, 15) is 0 Å². The monoisotopic (exact) mass is 295 g/mol. The molecular weight excluding hydrogens is 270 g/mol. The highest BCUT2D eigenvalue weighted by Gasteiger charge is 2.19. The predicted molar refractivity (Wildman–Crippen MR) is 86.5 cm³/mol. The fourth-order valence-electron chi connectivity index (χ4n) is 2.89. The number of rotatable bonds is 6. The Bertz CT molecular complexity index is 414. The van der Waals surface area contributed by atoms with Crippen molar-refractivity contribution in [3.63, 3.8) is 0 Å². The maximum atomic E-state index is 6.21. The van der Waals surface area contributed by atoms with E-state index < -0.39 is 0 Å². The van der Waals surface area contributed by atoms with Crippen LogP contribution in [-0.2, 0) is 6.54 Å². The summed E-state index contributed by atoms with van der Waals surface area (Å²) in [7, 11) is 0. The summed E-state index contributed by atoms with van der Waals surface area (Å²) in [5.74, 6) is 1.99. The van der Waals surface area contributed by atoms with Crippen LogP contribution in [-0.4, -0.2) is 24.6 Å². The van der Waals surface area contributed by atoms with Crippen LogP contribution in [0.25, 0.3) is 0 Å². The van der Waals surface area contributed by atoms with E-state index in [4.69, 9.17) is 11.6 Å². The molecule has 2 rings (SSSR count). The van der Waals surface area contributed by atoms with Crippen molar-refractivity contribution in [1.82, 2.24) is 10.3 Å². The van der Waals surface area contributed by atoms with Gasteiger partial charge in [-0.2, -0.15) is 0 Å². The van der Waals surface area contributed by atoms with Crippen molar-refractivity contribution >= 4 is 17.4 Å². The Balaban J connectivity index is 1.99. The van der Waals surface area contributed by atoms with Crippen molar-refractivity contribution in [2.45, 2.75) is 46.1 Å².